The third kappa shape index (κ3) is 8.52. The predicted molar refractivity (Wildman–Crippen MR) is 92.6 cm³/mol. The summed E-state index contributed by atoms with van der Waals surface area (Å²) >= 11 is 11.7. The highest BCUT2D eigenvalue weighted by Crippen LogP contribution is 2.31. The van der Waals surface area contributed by atoms with E-state index in [1.807, 2.05) is 0 Å². The zero-order valence-corrected chi connectivity index (χ0v) is 15.2. The summed E-state index contributed by atoms with van der Waals surface area (Å²) in [5.41, 5.74) is 0. The molecule has 0 aliphatic carbocycles. The summed E-state index contributed by atoms with van der Waals surface area (Å²) in [5, 5.41) is 0.431. The van der Waals surface area contributed by atoms with Gasteiger partial charge in [0.2, 0.25) is 0 Å². The van der Waals surface area contributed by atoms with Crippen molar-refractivity contribution < 1.29 is 23.8 Å². The van der Waals surface area contributed by atoms with E-state index >= 15 is 0 Å². The van der Waals surface area contributed by atoms with E-state index in [2.05, 4.69) is 6.92 Å². The zero-order chi connectivity index (χ0) is 17.8. The highest BCUT2D eigenvalue weighted by atomic mass is 35.5. The molecule has 0 aromatic heterocycles. The number of halogens is 2. The molecule has 0 saturated carbocycles. The van der Waals surface area contributed by atoms with Crippen molar-refractivity contribution in [3.63, 3.8) is 0 Å². The number of unbranched alkanes of at least 4 members (excludes halogenated alkanes) is 4. The molecule has 0 fully saturated rings. The Labute approximate surface area is 152 Å². The lowest BCUT2D eigenvalue weighted by Gasteiger charge is -2.08. The lowest BCUT2D eigenvalue weighted by Crippen LogP contribution is -2.20. The molecule has 0 aliphatic rings. The molecule has 0 radical (unpaired) electrons. The molecule has 1 aromatic rings. The largest absolute Gasteiger partial charge is 0.464 e. The van der Waals surface area contributed by atoms with Gasteiger partial charge in [-0.25, -0.2) is 9.59 Å². The van der Waals surface area contributed by atoms with Gasteiger partial charge < -0.3 is 14.2 Å². The van der Waals surface area contributed by atoms with Crippen LogP contribution < -0.4 is 4.74 Å². The second-order valence-corrected chi connectivity index (χ2v) is 5.94. The first-order chi connectivity index (χ1) is 11.5. The van der Waals surface area contributed by atoms with Crippen molar-refractivity contribution in [2.45, 2.75) is 39.0 Å². The molecular weight excluding hydrogens is 355 g/mol. The Bertz CT molecular complexity index is 534. The quantitative estimate of drug-likeness (QED) is 0.324. The molecule has 24 heavy (non-hydrogen) atoms. The first-order valence-corrected chi connectivity index (χ1v) is 8.68. The maximum absolute atomic E-state index is 11.6. The molecule has 0 atom stereocenters. The van der Waals surface area contributed by atoms with Gasteiger partial charge in [-0.15, -0.1) is 0 Å². The molecule has 0 unspecified atom stereocenters. The molecule has 0 N–H and O–H groups in total. The third-order valence-corrected chi connectivity index (χ3v) is 3.89. The summed E-state index contributed by atoms with van der Waals surface area (Å²) in [5.74, 6) is -1.03. The molecule has 5 nitrogen and oxygen atoms in total. The molecular formula is C17H22Cl2O5. The van der Waals surface area contributed by atoms with E-state index in [-0.39, 0.29) is 29.0 Å². The minimum Gasteiger partial charge on any atom is -0.464 e. The van der Waals surface area contributed by atoms with Crippen molar-refractivity contribution in [2.24, 2.45) is 0 Å². The van der Waals surface area contributed by atoms with Gasteiger partial charge in [0.1, 0.15) is 18.2 Å². The summed E-state index contributed by atoms with van der Waals surface area (Å²) < 4.78 is 15.0. The fraction of sp³-hybridized carbons (Fsp3) is 0.529. The molecule has 1 rings (SSSR count). The maximum Gasteiger partial charge on any atom is 0.337 e. The molecule has 0 bridgehead atoms. The van der Waals surface area contributed by atoms with Crippen LogP contribution in [0.25, 0.3) is 0 Å². The normalized spacial score (nSPS) is 10.5. The number of carbonyl (C=O) groups is 2. The van der Waals surface area contributed by atoms with E-state index in [1.54, 1.807) is 12.1 Å². The van der Waals surface area contributed by atoms with Gasteiger partial charge in [0.05, 0.1) is 11.6 Å². The molecule has 0 saturated heterocycles. The smallest absolute Gasteiger partial charge is 0.337 e. The lowest BCUT2D eigenvalue weighted by molar-refractivity contribution is -0.152. The molecule has 0 aliphatic heterocycles. The average Bonchev–Trinajstić information content (AvgIpc) is 2.55. The summed E-state index contributed by atoms with van der Waals surface area (Å²) in [6.07, 6.45) is 5.37. The topological polar surface area (TPSA) is 61.8 Å². The van der Waals surface area contributed by atoms with Gasteiger partial charge in [0.15, 0.2) is 5.75 Å². The lowest BCUT2D eigenvalue weighted by atomic mass is 10.2. The molecule has 1 aromatic carbocycles. The van der Waals surface area contributed by atoms with Gasteiger partial charge in [-0.1, -0.05) is 61.9 Å². The van der Waals surface area contributed by atoms with Crippen LogP contribution in [0.3, 0.4) is 0 Å². The first-order valence-electron chi connectivity index (χ1n) is 7.92. The van der Waals surface area contributed by atoms with Gasteiger partial charge >= 0.3 is 11.9 Å². The molecule has 0 spiro atoms. The van der Waals surface area contributed by atoms with Gasteiger partial charge in [-0.3, -0.25) is 0 Å². The number of esters is 2. The van der Waals surface area contributed by atoms with Crippen LogP contribution in [-0.2, 0) is 19.1 Å². The highest BCUT2D eigenvalue weighted by molar-refractivity contribution is 6.43. The number of rotatable bonds is 11. The van der Waals surface area contributed by atoms with Gasteiger partial charge in [-0.2, -0.15) is 0 Å². The van der Waals surface area contributed by atoms with Crippen molar-refractivity contribution in [1.82, 2.24) is 0 Å². The van der Waals surface area contributed by atoms with Crippen LogP contribution in [0.4, 0.5) is 0 Å². The van der Waals surface area contributed by atoms with Crippen LogP contribution in [-0.4, -0.2) is 31.8 Å². The second kappa shape index (κ2) is 12.1. The SMILES string of the molecule is CCCCCCCOC(=O)COCC(=O)Oc1cccc(Cl)c1Cl. The summed E-state index contributed by atoms with van der Waals surface area (Å²) in [6, 6.07) is 4.70. The Hall–Kier alpha value is -1.30. The van der Waals surface area contributed by atoms with Crippen LogP contribution in [0.2, 0.25) is 10.0 Å². The highest BCUT2D eigenvalue weighted by Gasteiger charge is 2.12. The fourth-order valence-corrected chi connectivity index (χ4v) is 2.20. The average molecular weight is 377 g/mol. The first kappa shape index (κ1) is 20.7. The molecule has 0 heterocycles. The predicted octanol–water partition coefficient (Wildman–Crippen LogP) is 4.43. The molecule has 134 valence electrons. The second-order valence-electron chi connectivity index (χ2n) is 5.15. The van der Waals surface area contributed by atoms with Crippen LogP contribution in [0.15, 0.2) is 18.2 Å². The van der Waals surface area contributed by atoms with Crippen LogP contribution in [0.1, 0.15) is 39.0 Å². The van der Waals surface area contributed by atoms with Gasteiger partial charge in [0, 0.05) is 0 Å². The number of carbonyl (C=O) groups excluding carboxylic acids is 2. The number of hydrogen-bond acceptors (Lipinski definition) is 5. The fourth-order valence-electron chi connectivity index (χ4n) is 1.87. The Morgan fingerprint density at radius 3 is 2.46 bits per heavy atom. The van der Waals surface area contributed by atoms with Crippen LogP contribution in [0.5, 0.6) is 5.75 Å². The van der Waals surface area contributed by atoms with E-state index in [1.165, 1.54) is 18.9 Å². The standard InChI is InChI=1S/C17H22Cl2O5/c1-2-3-4-5-6-10-23-15(20)11-22-12-16(21)24-14-9-7-8-13(18)17(14)19/h7-9H,2-6,10-12H2,1H3. The van der Waals surface area contributed by atoms with Crippen molar-refractivity contribution in [1.29, 1.82) is 0 Å². The van der Waals surface area contributed by atoms with Crippen molar-refractivity contribution >= 4 is 35.1 Å². The van der Waals surface area contributed by atoms with E-state index in [0.717, 1.165) is 19.3 Å². The van der Waals surface area contributed by atoms with Crippen LogP contribution >= 0.6 is 23.2 Å². The summed E-state index contributed by atoms with van der Waals surface area (Å²) in [6.45, 7) is 1.83. The Kier molecular flexibility index (Phi) is 10.5. The molecule has 7 heteroatoms. The number of hydrogen-bond donors (Lipinski definition) is 0. The Morgan fingerprint density at radius 1 is 1.00 bits per heavy atom. The van der Waals surface area contributed by atoms with Crippen molar-refractivity contribution in [3.05, 3.63) is 28.2 Å². The van der Waals surface area contributed by atoms with E-state index in [9.17, 15) is 9.59 Å². The summed E-state index contributed by atoms with van der Waals surface area (Å²) in [7, 11) is 0. The maximum atomic E-state index is 11.6. The van der Waals surface area contributed by atoms with E-state index in [4.69, 9.17) is 37.4 Å². The Morgan fingerprint density at radius 2 is 1.71 bits per heavy atom. The van der Waals surface area contributed by atoms with Crippen molar-refractivity contribution in [2.75, 3.05) is 19.8 Å². The van der Waals surface area contributed by atoms with Crippen molar-refractivity contribution in [3.8, 4) is 5.75 Å². The third-order valence-electron chi connectivity index (χ3n) is 3.09. The van der Waals surface area contributed by atoms with Gasteiger partial charge in [-0.05, 0) is 18.6 Å². The molecule has 0 amide bonds. The Balaban J connectivity index is 2.14. The minimum atomic E-state index is -0.675. The number of ether oxygens (including phenoxy) is 3. The van der Waals surface area contributed by atoms with Gasteiger partial charge in [0.25, 0.3) is 0 Å². The zero-order valence-electron chi connectivity index (χ0n) is 13.7. The van der Waals surface area contributed by atoms with E-state index in [0.29, 0.717) is 6.61 Å². The monoisotopic (exact) mass is 376 g/mol. The van der Waals surface area contributed by atoms with Crippen LogP contribution in [0, 0.1) is 0 Å². The summed E-state index contributed by atoms with van der Waals surface area (Å²) in [4.78, 5) is 23.0. The minimum absolute atomic E-state index is 0.146. The van der Waals surface area contributed by atoms with E-state index < -0.39 is 11.9 Å². The number of benzene rings is 1.